The summed E-state index contributed by atoms with van der Waals surface area (Å²) in [4.78, 5) is 12.4. The summed E-state index contributed by atoms with van der Waals surface area (Å²) < 4.78 is 0. The molecule has 0 amide bonds. The van der Waals surface area contributed by atoms with Crippen LogP contribution >= 0.6 is 11.3 Å². The Morgan fingerprint density at radius 1 is 0.929 bits per heavy atom. The van der Waals surface area contributed by atoms with Gasteiger partial charge >= 0.3 is 0 Å². The van der Waals surface area contributed by atoms with Gasteiger partial charge in [-0.15, -0.1) is 11.3 Å². The standard InChI is InChI=1S/C7H8N6S/c8-4-2-1-3(14-4)5-11-6(9)13-7(10)12-5/h1-2H,8H2,(H4,9,10,11,12,13). The zero-order valence-corrected chi connectivity index (χ0v) is 7.95. The zero-order valence-electron chi connectivity index (χ0n) is 7.14. The van der Waals surface area contributed by atoms with Gasteiger partial charge in [0.2, 0.25) is 11.9 Å². The van der Waals surface area contributed by atoms with E-state index in [4.69, 9.17) is 17.2 Å². The molecule has 0 spiro atoms. The van der Waals surface area contributed by atoms with Crippen molar-refractivity contribution in [2.45, 2.75) is 0 Å². The molecular formula is C7H8N6S. The molecule has 2 aromatic heterocycles. The van der Waals surface area contributed by atoms with E-state index in [9.17, 15) is 0 Å². The van der Waals surface area contributed by atoms with Gasteiger partial charge in [0.15, 0.2) is 5.82 Å². The third-order valence-electron chi connectivity index (χ3n) is 1.52. The van der Waals surface area contributed by atoms with Crippen molar-refractivity contribution in [1.82, 2.24) is 15.0 Å². The predicted molar refractivity (Wildman–Crippen MR) is 56.4 cm³/mol. The lowest BCUT2D eigenvalue weighted by molar-refractivity contribution is 1.09. The topological polar surface area (TPSA) is 117 Å². The van der Waals surface area contributed by atoms with Crippen molar-refractivity contribution >= 4 is 28.2 Å². The highest BCUT2D eigenvalue weighted by molar-refractivity contribution is 7.19. The van der Waals surface area contributed by atoms with Crippen LogP contribution in [0, 0.1) is 0 Å². The molecule has 0 atom stereocenters. The lowest BCUT2D eigenvalue weighted by atomic mass is 10.4. The Labute approximate surface area is 83.8 Å². The molecule has 0 unspecified atom stereocenters. The number of hydrogen-bond donors (Lipinski definition) is 3. The molecule has 0 aliphatic heterocycles. The molecule has 0 bridgehead atoms. The number of nitrogen functional groups attached to an aromatic ring is 3. The van der Waals surface area contributed by atoms with Crippen molar-refractivity contribution in [1.29, 1.82) is 0 Å². The Balaban J connectivity index is 2.51. The number of rotatable bonds is 1. The van der Waals surface area contributed by atoms with E-state index < -0.39 is 0 Å². The number of aromatic nitrogens is 3. The number of nitrogens with zero attached hydrogens (tertiary/aromatic N) is 3. The Morgan fingerprint density at radius 2 is 1.57 bits per heavy atom. The largest absolute Gasteiger partial charge is 0.391 e. The second kappa shape index (κ2) is 3.11. The molecule has 0 aliphatic rings. The third-order valence-corrected chi connectivity index (χ3v) is 2.43. The van der Waals surface area contributed by atoms with E-state index in [0.29, 0.717) is 10.8 Å². The SMILES string of the molecule is Nc1nc(N)nc(-c2ccc(N)s2)n1. The van der Waals surface area contributed by atoms with E-state index in [0.717, 1.165) is 4.88 Å². The van der Waals surface area contributed by atoms with Gasteiger partial charge in [-0.3, -0.25) is 0 Å². The van der Waals surface area contributed by atoms with Crippen molar-refractivity contribution in [2.24, 2.45) is 0 Å². The summed E-state index contributed by atoms with van der Waals surface area (Å²) in [6, 6.07) is 3.59. The van der Waals surface area contributed by atoms with Crippen molar-refractivity contribution in [2.75, 3.05) is 17.2 Å². The van der Waals surface area contributed by atoms with Crippen LogP contribution in [0.3, 0.4) is 0 Å². The maximum absolute atomic E-state index is 5.58. The number of anilines is 3. The van der Waals surface area contributed by atoms with Gasteiger partial charge in [0.25, 0.3) is 0 Å². The minimum Gasteiger partial charge on any atom is -0.391 e. The second-order valence-electron chi connectivity index (χ2n) is 2.58. The fourth-order valence-corrected chi connectivity index (χ4v) is 1.70. The van der Waals surface area contributed by atoms with Crippen LogP contribution in [0.25, 0.3) is 10.7 Å². The fraction of sp³-hybridized carbons (Fsp3) is 0. The monoisotopic (exact) mass is 208 g/mol. The fourth-order valence-electron chi connectivity index (χ4n) is 0.993. The number of thiophene rings is 1. The van der Waals surface area contributed by atoms with Gasteiger partial charge in [-0.2, -0.15) is 15.0 Å². The van der Waals surface area contributed by atoms with Crippen LogP contribution in [0.5, 0.6) is 0 Å². The molecule has 0 saturated heterocycles. The number of nitrogens with two attached hydrogens (primary N) is 3. The highest BCUT2D eigenvalue weighted by Gasteiger charge is 2.06. The molecule has 72 valence electrons. The van der Waals surface area contributed by atoms with Gasteiger partial charge in [-0.25, -0.2) is 0 Å². The highest BCUT2D eigenvalue weighted by atomic mass is 32.1. The van der Waals surface area contributed by atoms with Crippen molar-refractivity contribution in [3.8, 4) is 10.7 Å². The van der Waals surface area contributed by atoms with Gasteiger partial charge in [-0.05, 0) is 12.1 Å². The first kappa shape index (κ1) is 8.70. The molecule has 14 heavy (non-hydrogen) atoms. The Bertz CT molecular complexity index is 445. The first-order valence-electron chi connectivity index (χ1n) is 3.78. The first-order chi connectivity index (χ1) is 6.65. The number of hydrogen-bond acceptors (Lipinski definition) is 7. The van der Waals surface area contributed by atoms with Gasteiger partial charge in [0.05, 0.1) is 9.88 Å². The van der Waals surface area contributed by atoms with Crippen molar-refractivity contribution in [3.63, 3.8) is 0 Å². The maximum Gasteiger partial charge on any atom is 0.225 e. The lowest BCUT2D eigenvalue weighted by Crippen LogP contribution is -2.03. The van der Waals surface area contributed by atoms with Gasteiger partial charge < -0.3 is 17.2 Å². The van der Waals surface area contributed by atoms with Crippen LogP contribution < -0.4 is 17.2 Å². The lowest BCUT2D eigenvalue weighted by Gasteiger charge is -1.98. The van der Waals surface area contributed by atoms with Crippen LogP contribution in [0.15, 0.2) is 12.1 Å². The van der Waals surface area contributed by atoms with E-state index in [1.807, 2.05) is 6.07 Å². The Hall–Kier alpha value is -1.89. The summed E-state index contributed by atoms with van der Waals surface area (Å²) in [7, 11) is 0. The van der Waals surface area contributed by atoms with Gasteiger partial charge in [-0.1, -0.05) is 0 Å². The summed E-state index contributed by atoms with van der Waals surface area (Å²) in [6.07, 6.45) is 0. The summed E-state index contributed by atoms with van der Waals surface area (Å²) in [5.41, 5.74) is 16.4. The van der Waals surface area contributed by atoms with E-state index in [1.54, 1.807) is 6.07 Å². The summed E-state index contributed by atoms with van der Waals surface area (Å²) in [5, 5.41) is 0.692. The molecule has 7 heteroatoms. The normalized spacial score (nSPS) is 10.3. The molecule has 0 radical (unpaired) electrons. The van der Waals surface area contributed by atoms with E-state index in [1.165, 1.54) is 11.3 Å². The average molecular weight is 208 g/mol. The molecule has 0 fully saturated rings. The summed E-state index contributed by atoms with van der Waals surface area (Å²) >= 11 is 1.37. The molecule has 0 aliphatic carbocycles. The van der Waals surface area contributed by atoms with Crippen molar-refractivity contribution < 1.29 is 0 Å². The van der Waals surface area contributed by atoms with Crippen LogP contribution in [0.1, 0.15) is 0 Å². The summed E-state index contributed by atoms with van der Waals surface area (Å²) in [5.74, 6) is 0.677. The molecule has 6 N–H and O–H groups in total. The minimum atomic E-state index is 0.111. The van der Waals surface area contributed by atoms with E-state index >= 15 is 0 Å². The van der Waals surface area contributed by atoms with E-state index in [2.05, 4.69) is 15.0 Å². The minimum absolute atomic E-state index is 0.111. The molecule has 0 saturated carbocycles. The molecule has 2 aromatic rings. The average Bonchev–Trinajstić information content (AvgIpc) is 2.50. The highest BCUT2D eigenvalue weighted by Crippen LogP contribution is 2.27. The maximum atomic E-state index is 5.58. The molecule has 2 heterocycles. The first-order valence-corrected chi connectivity index (χ1v) is 4.59. The second-order valence-corrected chi connectivity index (χ2v) is 3.69. The molecule has 0 aromatic carbocycles. The quantitative estimate of drug-likeness (QED) is 0.622. The summed E-state index contributed by atoms with van der Waals surface area (Å²) in [6.45, 7) is 0. The van der Waals surface area contributed by atoms with Gasteiger partial charge in [0.1, 0.15) is 0 Å². The molecular weight excluding hydrogens is 200 g/mol. The smallest absolute Gasteiger partial charge is 0.225 e. The Morgan fingerprint density at radius 3 is 2.07 bits per heavy atom. The van der Waals surface area contributed by atoms with E-state index in [-0.39, 0.29) is 11.9 Å². The van der Waals surface area contributed by atoms with Gasteiger partial charge in [0, 0.05) is 0 Å². The van der Waals surface area contributed by atoms with Crippen LogP contribution in [0.2, 0.25) is 0 Å². The molecule has 6 nitrogen and oxygen atoms in total. The van der Waals surface area contributed by atoms with Crippen LogP contribution in [0.4, 0.5) is 16.9 Å². The van der Waals surface area contributed by atoms with Crippen LogP contribution in [-0.4, -0.2) is 15.0 Å². The zero-order chi connectivity index (χ0) is 10.1. The third kappa shape index (κ3) is 1.57. The van der Waals surface area contributed by atoms with Crippen molar-refractivity contribution in [3.05, 3.63) is 12.1 Å². The molecule has 2 rings (SSSR count). The predicted octanol–water partition coefficient (Wildman–Crippen LogP) is 0.347. The Kier molecular flexibility index (Phi) is 1.93. The van der Waals surface area contributed by atoms with Crippen LogP contribution in [-0.2, 0) is 0 Å².